The average molecular weight is 260 g/mol. The van der Waals surface area contributed by atoms with Gasteiger partial charge >= 0.3 is 0 Å². The van der Waals surface area contributed by atoms with Crippen molar-refractivity contribution >= 4 is 21.6 Å². The predicted molar refractivity (Wildman–Crippen MR) is 56.5 cm³/mol. The molecule has 76 valence electrons. The summed E-state index contributed by atoms with van der Waals surface area (Å²) in [4.78, 5) is 9.89. The van der Waals surface area contributed by atoms with Crippen LogP contribution in [0.2, 0.25) is 0 Å². The first-order valence-corrected chi connectivity index (χ1v) is 5.25. The quantitative estimate of drug-likeness (QED) is 0.513. The second kappa shape index (κ2) is 5.07. The number of non-ortho nitro benzene ring substituents is 1. The van der Waals surface area contributed by atoms with Crippen molar-refractivity contribution in [3.63, 3.8) is 0 Å². The Kier molecular flexibility index (Phi) is 4.03. The Bertz CT molecular complexity index is 312. The van der Waals surface area contributed by atoms with E-state index in [0.717, 1.165) is 0 Å². The van der Waals surface area contributed by atoms with Crippen molar-refractivity contribution in [3.05, 3.63) is 39.9 Å². The Hall–Kier alpha value is -0.940. The van der Waals surface area contributed by atoms with Crippen LogP contribution in [0.4, 0.5) is 5.69 Å². The van der Waals surface area contributed by atoms with Crippen LogP contribution >= 0.6 is 15.9 Å². The van der Waals surface area contributed by atoms with Gasteiger partial charge < -0.3 is 5.11 Å². The fraction of sp³-hybridized carbons (Fsp3) is 0.333. The maximum absolute atomic E-state index is 10.3. The average Bonchev–Trinajstić information content (AvgIpc) is 2.18. The van der Waals surface area contributed by atoms with Crippen molar-refractivity contribution in [2.24, 2.45) is 0 Å². The lowest BCUT2D eigenvalue weighted by Crippen LogP contribution is -1.98. The summed E-state index contributed by atoms with van der Waals surface area (Å²) in [5, 5.41) is 20.6. The fourth-order valence-corrected chi connectivity index (χ4v) is 1.52. The van der Waals surface area contributed by atoms with Gasteiger partial charge in [-0.1, -0.05) is 15.9 Å². The molecule has 0 fully saturated rings. The van der Waals surface area contributed by atoms with E-state index in [1.807, 2.05) is 0 Å². The summed E-state index contributed by atoms with van der Waals surface area (Å²) in [5.41, 5.74) is 0.745. The number of nitro benzene ring substituents is 1. The van der Waals surface area contributed by atoms with Crippen LogP contribution in [0, 0.1) is 10.1 Å². The first kappa shape index (κ1) is 11.1. The van der Waals surface area contributed by atoms with Crippen molar-refractivity contribution in [1.82, 2.24) is 0 Å². The molecule has 0 aliphatic heterocycles. The molecule has 1 aromatic rings. The number of nitro groups is 1. The lowest BCUT2D eigenvalue weighted by Gasteiger charge is -2.07. The minimum atomic E-state index is -0.560. The van der Waals surface area contributed by atoms with Crippen LogP contribution in [-0.2, 0) is 0 Å². The smallest absolute Gasteiger partial charge is 0.269 e. The molecule has 4 nitrogen and oxygen atoms in total. The van der Waals surface area contributed by atoms with Gasteiger partial charge in [-0.2, -0.15) is 0 Å². The molecular weight excluding hydrogens is 250 g/mol. The van der Waals surface area contributed by atoms with Gasteiger partial charge in [-0.3, -0.25) is 10.1 Å². The number of hydrogen-bond acceptors (Lipinski definition) is 3. The van der Waals surface area contributed by atoms with Gasteiger partial charge in [0.25, 0.3) is 5.69 Å². The number of hydrogen-bond donors (Lipinski definition) is 1. The van der Waals surface area contributed by atoms with E-state index in [9.17, 15) is 15.2 Å². The third-order valence-corrected chi connectivity index (χ3v) is 2.33. The number of aliphatic hydroxyl groups is 1. The van der Waals surface area contributed by atoms with Crippen molar-refractivity contribution in [2.75, 3.05) is 5.33 Å². The van der Waals surface area contributed by atoms with E-state index in [-0.39, 0.29) is 5.69 Å². The Morgan fingerprint density at radius 1 is 1.43 bits per heavy atom. The van der Waals surface area contributed by atoms with Crippen LogP contribution < -0.4 is 0 Å². The summed E-state index contributed by atoms with van der Waals surface area (Å²) >= 11 is 3.22. The molecule has 14 heavy (non-hydrogen) atoms. The SMILES string of the molecule is O=[N+]([O-])c1ccc(C(O)CCBr)cc1. The monoisotopic (exact) mass is 259 g/mol. The fourth-order valence-electron chi connectivity index (χ4n) is 1.09. The standard InChI is InChI=1S/C9H10BrNO3/c10-6-5-9(12)7-1-3-8(4-2-7)11(13)14/h1-4,9,12H,5-6H2. The molecule has 5 heteroatoms. The molecule has 0 bridgehead atoms. The Labute approximate surface area is 89.8 Å². The number of rotatable bonds is 4. The summed E-state index contributed by atoms with van der Waals surface area (Å²) in [6.07, 6.45) is 0.0350. The van der Waals surface area contributed by atoms with Crippen LogP contribution in [0.5, 0.6) is 0 Å². The van der Waals surface area contributed by atoms with Crippen molar-refractivity contribution in [1.29, 1.82) is 0 Å². The molecular formula is C9H10BrNO3. The number of aliphatic hydroxyl groups excluding tert-OH is 1. The molecule has 0 heterocycles. The maximum Gasteiger partial charge on any atom is 0.269 e. The Morgan fingerprint density at radius 2 is 2.00 bits per heavy atom. The molecule has 1 rings (SSSR count). The van der Waals surface area contributed by atoms with E-state index < -0.39 is 11.0 Å². The van der Waals surface area contributed by atoms with Gasteiger partial charge in [-0.25, -0.2) is 0 Å². The van der Waals surface area contributed by atoms with Gasteiger partial charge in [-0.05, 0) is 24.1 Å². The minimum absolute atomic E-state index is 0.0415. The van der Waals surface area contributed by atoms with E-state index >= 15 is 0 Å². The van der Waals surface area contributed by atoms with Gasteiger partial charge in [-0.15, -0.1) is 0 Å². The molecule has 0 aromatic heterocycles. The molecule has 0 saturated carbocycles. The Morgan fingerprint density at radius 3 is 2.43 bits per heavy atom. The highest BCUT2D eigenvalue weighted by Crippen LogP contribution is 2.20. The van der Waals surface area contributed by atoms with Gasteiger partial charge in [0.1, 0.15) is 0 Å². The molecule has 0 aliphatic carbocycles. The zero-order valence-corrected chi connectivity index (χ0v) is 8.98. The van der Waals surface area contributed by atoms with Crippen molar-refractivity contribution in [3.8, 4) is 0 Å². The van der Waals surface area contributed by atoms with Gasteiger partial charge in [0, 0.05) is 17.5 Å². The second-order valence-corrected chi connectivity index (χ2v) is 3.64. The minimum Gasteiger partial charge on any atom is -0.388 e. The van der Waals surface area contributed by atoms with E-state index in [2.05, 4.69) is 15.9 Å². The molecule has 1 atom stereocenters. The van der Waals surface area contributed by atoms with Crippen molar-refractivity contribution in [2.45, 2.75) is 12.5 Å². The second-order valence-electron chi connectivity index (χ2n) is 2.84. The molecule has 0 amide bonds. The van der Waals surface area contributed by atoms with Gasteiger partial charge in [0.2, 0.25) is 0 Å². The number of benzene rings is 1. The molecule has 0 radical (unpaired) electrons. The zero-order valence-electron chi connectivity index (χ0n) is 7.39. The summed E-state index contributed by atoms with van der Waals surface area (Å²) in [7, 11) is 0. The van der Waals surface area contributed by atoms with Gasteiger partial charge in [0.05, 0.1) is 11.0 Å². The van der Waals surface area contributed by atoms with Crippen LogP contribution in [0.1, 0.15) is 18.1 Å². The van der Waals surface area contributed by atoms with Crippen LogP contribution in [0.25, 0.3) is 0 Å². The summed E-state index contributed by atoms with van der Waals surface area (Å²) in [5.74, 6) is 0. The largest absolute Gasteiger partial charge is 0.388 e. The number of alkyl halides is 1. The summed E-state index contributed by atoms with van der Waals surface area (Å²) in [6.45, 7) is 0. The van der Waals surface area contributed by atoms with Crippen LogP contribution in [0.15, 0.2) is 24.3 Å². The summed E-state index contributed by atoms with van der Waals surface area (Å²) < 4.78 is 0. The van der Waals surface area contributed by atoms with E-state index in [4.69, 9.17) is 0 Å². The van der Waals surface area contributed by atoms with Crippen LogP contribution in [0.3, 0.4) is 0 Å². The molecule has 0 saturated heterocycles. The molecule has 0 spiro atoms. The van der Waals surface area contributed by atoms with E-state index in [0.29, 0.717) is 17.3 Å². The Balaban J connectivity index is 2.77. The number of halogens is 1. The topological polar surface area (TPSA) is 63.4 Å². The van der Waals surface area contributed by atoms with Crippen LogP contribution in [-0.4, -0.2) is 15.4 Å². The highest BCUT2D eigenvalue weighted by molar-refractivity contribution is 9.09. The highest BCUT2D eigenvalue weighted by atomic mass is 79.9. The molecule has 1 unspecified atom stereocenters. The maximum atomic E-state index is 10.3. The molecule has 1 aromatic carbocycles. The van der Waals surface area contributed by atoms with Gasteiger partial charge in [0.15, 0.2) is 0 Å². The molecule has 0 aliphatic rings. The normalized spacial score (nSPS) is 12.4. The third-order valence-electron chi connectivity index (χ3n) is 1.87. The third kappa shape index (κ3) is 2.78. The van der Waals surface area contributed by atoms with E-state index in [1.54, 1.807) is 12.1 Å². The molecule has 1 N–H and O–H groups in total. The first-order valence-electron chi connectivity index (χ1n) is 4.13. The highest BCUT2D eigenvalue weighted by Gasteiger charge is 2.09. The summed E-state index contributed by atoms with van der Waals surface area (Å²) in [6, 6.07) is 5.94. The lowest BCUT2D eigenvalue weighted by molar-refractivity contribution is -0.384. The van der Waals surface area contributed by atoms with E-state index in [1.165, 1.54) is 12.1 Å². The van der Waals surface area contributed by atoms with Crippen molar-refractivity contribution < 1.29 is 10.0 Å². The zero-order chi connectivity index (χ0) is 10.6. The lowest BCUT2D eigenvalue weighted by atomic mass is 10.1. The predicted octanol–water partition coefficient (Wildman–Crippen LogP) is 2.41. The number of nitrogens with zero attached hydrogens (tertiary/aromatic N) is 1. The first-order chi connectivity index (χ1) is 6.65.